The molecule has 1 saturated heterocycles. The monoisotopic (exact) mass is 285 g/mol. The van der Waals surface area contributed by atoms with Crippen LogP contribution in [0.2, 0.25) is 0 Å². The molecular formula is C18H25N2O+. The lowest BCUT2D eigenvalue weighted by molar-refractivity contribution is -0.911. The Hall–Kier alpha value is -1.61. The highest BCUT2D eigenvalue weighted by Crippen LogP contribution is 2.29. The molecule has 2 heterocycles. The number of likely N-dealkylation sites (N-methyl/N-ethyl adjacent to an activating group) is 1. The number of carbonyl (C=O) groups is 1. The molecule has 3 atom stereocenters. The zero-order chi connectivity index (χ0) is 14.8. The molecule has 1 fully saturated rings. The van der Waals surface area contributed by atoms with Gasteiger partial charge in [0.1, 0.15) is 6.04 Å². The van der Waals surface area contributed by atoms with Crippen LogP contribution < -0.4 is 9.80 Å². The third-order valence-electron chi connectivity index (χ3n) is 4.92. The van der Waals surface area contributed by atoms with Gasteiger partial charge in [-0.2, -0.15) is 0 Å². The van der Waals surface area contributed by atoms with Crippen LogP contribution in [0.1, 0.15) is 39.0 Å². The Bertz CT molecular complexity index is 537. The van der Waals surface area contributed by atoms with E-state index in [2.05, 4.69) is 20.0 Å². The van der Waals surface area contributed by atoms with E-state index in [4.69, 9.17) is 0 Å². The number of hydrogen-bond acceptors (Lipinski definition) is 1. The maximum atomic E-state index is 12.6. The Morgan fingerprint density at radius 2 is 2.05 bits per heavy atom. The van der Waals surface area contributed by atoms with Crippen molar-refractivity contribution in [3.05, 3.63) is 42.1 Å². The molecule has 1 aromatic rings. The van der Waals surface area contributed by atoms with Crippen LogP contribution in [0.4, 0.5) is 5.69 Å². The van der Waals surface area contributed by atoms with Crippen LogP contribution in [0.5, 0.6) is 0 Å². The van der Waals surface area contributed by atoms with Gasteiger partial charge in [-0.15, -0.1) is 0 Å². The van der Waals surface area contributed by atoms with E-state index in [1.165, 1.54) is 18.5 Å². The summed E-state index contributed by atoms with van der Waals surface area (Å²) in [5.41, 5.74) is 2.24. The molecule has 1 aromatic carbocycles. The Morgan fingerprint density at radius 1 is 1.29 bits per heavy atom. The maximum Gasteiger partial charge on any atom is 0.231 e. The minimum absolute atomic E-state index is 0.230. The smallest absolute Gasteiger partial charge is 0.231 e. The van der Waals surface area contributed by atoms with Gasteiger partial charge in [0.15, 0.2) is 0 Å². The van der Waals surface area contributed by atoms with Gasteiger partial charge in [-0.25, -0.2) is 0 Å². The second-order valence-electron chi connectivity index (χ2n) is 6.30. The molecule has 0 radical (unpaired) electrons. The maximum absolute atomic E-state index is 12.6. The van der Waals surface area contributed by atoms with Crippen LogP contribution in [-0.4, -0.2) is 25.0 Å². The highest BCUT2D eigenvalue weighted by molar-refractivity contribution is 5.96. The highest BCUT2D eigenvalue weighted by Gasteiger charge is 2.40. The van der Waals surface area contributed by atoms with E-state index in [9.17, 15) is 4.79 Å². The predicted octanol–water partition coefficient (Wildman–Crippen LogP) is 2.15. The third-order valence-corrected chi connectivity index (χ3v) is 4.92. The number of quaternary nitrogens is 1. The fraction of sp³-hybridized carbons (Fsp3) is 0.500. The fourth-order valence-electron chi connectivity index (χ4n) is 3.71. The SMILES string of the molecule is CCCC(=O)N(C1=CC2CCC(C1)[NH+]2C)c1ccccc1. The molecule has 3 heteroatoms. The molecule has 0 spiro atoms. The van der Waals surface area contributed by atoms with Gasteiger partial charge >= 0.3 is 0 Å². The molecule has 0 aliphatic carbocycles. The van der Waals surface area contributed by atoms with Crippen LogP contribution in [0.3, 0.4) is 0 Å². The van der Waals surface area contributed by atoms with E-state index < -0.39 is 0 Å². The minimum atomic E-state index is 0.230. The summed E-state index contributed by atoms with van der Waals surface area (Å²) < 4.78 is 0. The number of para-hydroxylation sites is 1. The number of benzene rings is 1. The van der Waals surface area contributed by atoms with Crippen molar-refractivity contribution in [3.63, 3.8) is 0 Å². The number of anilines is 1. The van der Waals surface area contributed by atoms with E-state index in [1.807, 2.05) is 35.2 Å². The second kappa shape index (κ2) is 6.02. The molecule has 2 aliphatic rings. The Kier molecular flexibility index (Phi) is 4.11. The van der Waals surface area contributed by atoms with E-state index in [1.54, 1.807) is 4.90 Å². The summed E-state index contributed by atoms with van der Waals surface area (Å²) in [7, 11) is 2.29. The van der Waals surface area contributed by atoms with E-state index >= 15 is 0 Å². The van der Waals surface area contributed by atoms with Crippen LogP contribution in [0.25, 0.3) is 0 Å². The van der Waals surface area contributed by atoms with Gasteiger partial charge in [-0.05, 0) is 24.6 Å². The number of carbonyl (C=O) groups excluding carboxylic acids is 1. The molecule has 3 nitrogen and oxygen atoms in total. The van der Waals surface area contributed by atoms with Crippen LogP contribution in [0, 0.1) is 0 Å². The molecule has 3 unspecified atom stereocenters. The van der Waals surface area contributed by atoms with Crippen molar-refractivity contribution < 1.29 is 9.69 Å². The van der Waals surface area contributed by atoms with Crippen molar-refractivity contribution >= 4 is 11.6 Å². The van der Waals surface area contributed by atoms with Gasteiger partial charge in [-0.1, -0.05) is 25.1 Å². The molecule has 2 bridgehead atoms. The predicted molar refractivity (Wildman–Crippen MR) is 85.2 cm³/mol. The number of rotatable bonds is 4. The van der Waals surface area contributed by atoms with Crippen molar-refractivity contribution in [1.82, 2.24) is 0 Å². The summed E-state index contributed by atoms with van der Waals surface area (Å²) in [5, 5.41) is 0. The Morgan fingerprint density at radius 3 is 2.71 bits per heavy atom. The highest BCUT2D eigenvalue weighted by atomic mass is 16.2. The first kappa shape index (κ1) is 14.3. The zero-order valence-corrected chi connectivity index (χ0v) is 13.0. The number of nitrogens with one attached hydrogen (secondary N) is 1. The first-order valence-electron chi connectivity index (χ1n) is 8.12. The molecule has 1 amide bonds. The number of fused-ring (bicyclic) bond motifs is 2. The number of amides is 1. The number of nitrogens with zero attached hydrogens (tertiary/aromatic N) is 1. The zero-order valence-electron chi connectivity index (χ0n) is 13.0. The van der Waals surface area contributed by atoms with Gasteiger partial charge in [0.2, 0.25) is 5.91 Å². The summed E-state index contributed by atoms with van der Waals surface area (Å²) in [6, 6.07) is 11.4. The van der Waals surface area contributed by atoms with Gasteiger partial charge in [-0.3, -0.25) is 9.69 Å². The largest absolute Gasteiger partial charge is 0.329 e. The molecule has 0 aromatic heterocycles. The van der Waals surface area contributed by atoms with Gasteiger partial charge < -0.3 is 4.90 Å². The lowest BCUT2D eigenvalue weighted by Crippen LogP contribution is -3.14. The molecule has 2 aliphatic heterocycles. The van der Waals surface area contributed by atoms with Crippen LogP contribution >= 0.6 is 0 Å². The average molecular weight is 285 g/mol. The third kappa shape index (κ3) is 2.75. The van der Waals surface area contributed by atoms with E-state index in [0.29, 0.717) is 18.5 Å². The standard InChI is InChI=1S/C18H24N2O/c1-3-7-18(21)20(14-8-5-4-6-9-14)17-12-15-10-11-16(13-17)19(15)2/h4-6,8-9,12,15-16H,3,7,10-11,13H2,1-2H3/p+1. The Balaban J connectivity index is 1.93. The molecule has 0 saturated carbocycles. The first-order valence-corrected chi connectivity index (χ1v) is 8.12. The van der Waals surface area contributed by atoms with Crippen LogP contribution in [0.15, 0.2) is 42.1 Å². The first-order chi connectivity index (χ1) is 10.2. The van der Waals surface area contributed by atoms with Crippen LogP contribution in [-0.2, 0) is 4.79 Å². The summed E-state index contributed by atoms with van der Waals surface area (Å²) in [5.74, 6) is 0.230. The van der Waals surface area contributed by atoms with E-state index in [0.717, 1.165) is 18.5 Å². The summed E-state index contributed by atoms with van der Waals surface area (Å²) in [4.78, 5) is 16.2. The molecular weight excluding hydrogens is 260 g/mol. The number of hydrogen-bond donors (Lipinski definition) is 1. The van der Waals surface area contributed by atoms with Crippen molar-refractivity contribution in [1.29, 1.82) is 0 Å². The quantitative estimate of drug-likeness (QED) is 0.901. The van der Waals surface area contributed by atoms with Crippen molar-refractivity contribution in [2.75, 3.05) is 11.9 Å². The van der Waals surface area contributed by atoms with Gasteiger partial charge in [0.05, 0.1) is 13.1 Å². The van der Waals surface area contributed by atoms with Crippen molar-refractivity contribution in [2.45, 2.75) is 51.1 Å². The summed E-state index contributed by atoms with van der Waals surface area (Å²) in [6.07, 6.45) is 7.41. The average Bonchev–Trinajstić information content (AvgIpc) is 2.71. The van der Waals surface area contributed by atoms with E-state index in [-0.39, 0.29) is 5.91 Å². The second-order valence-corrected chi connectivity index (χ2v) is 6.30. The molecule has 112 valence electrons. The molecule has 1 N–H and O–H groups in total. The summed E-state index contributed by atoms with van der Waals surface area (Å²) in [6.45, 7) is 2.07. The lowest BCUT2D eigenvalue weighted by Gasteiger charge is -2.33. The topological polar surface area (TPSA) is 24.8 Å². The van der Waals surface area contributed by atoms with Crippen molar-refractivity contribution in [2.24, 2.45) is 0 Å². The Labute approximate surface area is 127 Å². The normalized spacial score (nSPS) is 27.3. The molecule has 3 rings (SSSR count). The summed E-state index contributed by atoms with van der Waals surface area (Å²) >= 11 is 0. The van der Waals surface area contributed by atoms with Gasteiger partial charge in [0.25, 0.3) is 0 Å². The minimum Gasteiger partial charge on any atom is -0.329 e. The van der Waals surface area contributed by atoms with Gasteiger partial charge in [0, 0.05) is 37.1 Å². The fourth-order valence-corrected chi connectivity index (χ4v) is 3.71. The molecule has 21 heavy (non-hydrogen) atoms. The lowest BCUT2D eigenvalue weighted by atomic mass is 10.0. The van der Waals surface area contributed by atoms with Crippen molar-refractivity contribution in [3.8, 4) is 0 Å².